The van der Waals surface area contributed by atoms with Crippen LogP contribution in [0.2, 0.25) is 0 Å². The molecular weight excluding hydrogens is 220 g/mol. The molecule has 0 N–H and O–H groups in total. The number of esters is 1. The van der Waals surface area contributed by atoms with Crippen molar-refractivity contribution in [3.63, 3.8) is 0 Å². The summed E-state index contributed by atoms with van der Waals surface area (Å²) in [6.07, 6.45) is 3.91. The number of ether oxygens (including phenoxy) is 1. The average Bonchev–Trinajstić information content (AvgIpc) is 2.91. The molecule has 2 saturated heterocycles. The predicted molar refractivity (Wildman–Crippen MR) is 62.5 cm³/mol. The Morgan fingerprint density at radius 2 is 1.71 bits per heavy atom. The van der Waals surface area contributed by atoms with Gasteiger partial charge in [-0.3, -0.25) is 4.79 Å². The van der Waals surface area contributed by atoms with Gasteiger partial charge in [0.15, 0.2) is 0 Å². The molecule has 0 radical (unpaired) electrons. The monoisotopic (exact) mass is 240 g/mol. The van der Waals surface area contributed by atoms with Crippen LogP contribution in [0.15, 0.2) is 0 Å². The van der Waals surface area contributed by atoms with Gasteiger partial charge in [-0.25, -0.2) is 4.79 Å². The van der Waals surface area contributed by atoms with Crippen LogP contribution < -0.4 is 0 Å². The largest absolute Gasteiger partial charge is 0.469 e. The Labute approximate surface area is 102 Å². The van der Waals surface area contributed by atoms with Crippen molar-refractivity contribution in [2.24, 2.45) is 5.92 Å². The van der Waals surface area contributed by atoms with E-state index in [4.69, 9.17) is 4.74 Å². The molecule has 2 amide bonds. The molecule has 0 saturated carbocycles. The van der Waals surface area contributed by atoms with E-state index in [1.54, 1.807) is 4.90 Å². The van der Waals surface area contributed by atoms with Gasteiger partial charge in [-0.1, -0.05) is 0 Å². The van der Waals surface area contributed by atoms with Crippen LogP contribution in [0, 0.1) is 5.92 Å². The van der Waals surface area contributed by atoms with Crippen molar-refractivity contribution in [1.82, 2.24) is 9.80 Å². The Kier molecular flexibility index (Phi) is 3.86. The topological polar surface area (TPSA) is 49.9 Å². The number of rotatable bonds is 1. The molecule has 0 aromatic carbocycles. The van der Waals surface area contributed by atoms with Crippen molar-refractivity contribution in [3.8, 4) is 0 Å². The van der Waals surface area contributed by atoms with Crippen molar-refractivity contribution in [1.29, 1.82) is 0 Å². The molecule has 2 aliphatic heterocycles. The number of urea groups is 1. The van der Waals surface area contributed by atoms with E-state index in [0.717, 1.165) is 45.3 Å². The van der Waals surface area contributed by atoms with Crippen molar-refractivity contribution in [3.05, 3.63) is 0 Å². The highest BCUT2D eigenvalue weighted by Crippen LogP contribution is 2.20. The minimum absolute atomic E-state index is 0.0936. The quantitative estimate of drug-likeness (QED) is 0.645. The lowest BCUT2D eigenvalue weighted by Crippen LogP contribution is -2.48. The first-order valence-electron chi connectivity index (χ1n) is 6.34. The van der Waals surface area contributed by atoms with Crippen LogP contribution in [0.25, 0.3) is 0 Å². The molecule has 1 unspecified atom stereocenters. The summed E-state index contributed by atoms with van der Waals surface area (Å²) < 4.78 is 4.75. The number of carbonyl (C=O) groups excluding carboxylic acids is 2. The number of carbonyl (C=O) groups is 2. The van der Waals surface area contributed by atoms with Gasteiger partial charge >= 0.3 is 12.0 Å². The lowest BCUT2D eigenvalue weighted by molar-refractivity contribution is -0.146. The number of methoxy groups -OCH3 is 1. The second-order valence-corrected chi connectivity index (χ2v) is 4.79. The zero-order chi connectivity index (χ0) is 12.3. The molecule has 5 nitrogen and oxygen atoms in total. The highest BCUT2D eigenvalue weighted by atomic mass is 16.5. The molecule has 0 aromatic rings. The summed E-state index contributed by atoms with van der Waals surface area (Å²) >= 11 is 0. The average molecular weight is 240 g/mol. The molecule has 2 fully saturated rings. The van der Waals surface area contributed by atoms with Crippen molar-refractivity contribution < 1.29 is 14.3 Å². The van der Waals surface area contributed by atoms with E-state index < -0.39 is 0 Å². The Morgan fingerprint density at radius 1 is 1.06 bits per heavy atom. The van der Waals surface area contributed by atoms with Crippen LogP contribution in [0.5, 0.6) is 0 Å². The maximum atomic E-state index is 12.2. The van der Waals surface area contributed by atoms with Crippen LogP contribution in [0.1, 0.15) is 25.7 Å². The summed E-state index contributed by atoms with van der Waals surface area (Å²) in [6.45, 7) is 3.00. The zero-order valence-corrected chi connectivity index (χ0v) is 10.4. The summed E-state index contributed by atoms with van der Waals surface area (Å²) in [5.74, 6) is -0.329. The maximum Gasteiger partial charge on any atom is 0.320 e. The predicted octanol–water partition coefficient (Wildman–Crippen LogP) is 1.09. The summed E-state index contributed by atoms with van der Waals surface area (Å²) in [5.41, 5.74) is 0. The number of hydrogen-bond acceptors (Lipinski definition) is 3. The third-order valence-electron chi connectivity index (χ3n) is 3.60. The smallest absolute Gasteiger partial charge is 0.320 e. The zero-order valence-electron chi connectivity index (χ0n) is 10.4. The lowest BCUT2D eigenvalue weighted by Gasteiger charge is -2.34. The number of amides is 2. The molecule has 0 bridgehead atoms. The van der Waals surface area contributed by atoms with E-state index in [-0.39, 0.29) is 17.9 Å². The van der Waals surface area contributed by atoms with E-state index >= 15 is 0 Å². The van der Waals surface area contributed by atoms with E-state index in [9.17, 15) is 9.59 Å². The van der Waals surface area contributed by atoms with Gasteiger partial charge < -0.3 is 14.5 Å². The molecule has 0 spiro atoms. The number of likely N-dealkylation sites (tertiary alicyclic amines) is 2. The van der Waals surface area contributed by atoms with E-state index in [2.05, 4.69) is 0 Å². The van der Waals surface area contributed by atoms with Crippen molar-refractivity contribution in [2.75, 3.05) is 33.3 Å². The maximum absolute atomic E-state index is 12.2. The fourth-order valence-electron chi connectivity index (χ4n) is 2.62. The first-order valence-corrected chi connectivity index (χ1v) is 6.34. The normalized spacial score (nSPS) is 24.9. The number of hydrogen-bond donors (Lipinski definition) is 0. The molecule has 96 valence electrons. The Morgan fingerprint density at radius 3 is 2.35 bits per heavy atom. The molecule has 0 aliphatic carbocycles. The first-order chi connectivity index (χ1) is 8.22. The van der Waals surface area contributed by atoms with Crippen LogP contribution in [0.4, 0.5) is 4.79 Å². The Bertz CT molecular complexity index is 300. The number of nitrogens with zero attached hydrogens (tertiary/aromatic N) is 2. The van der Waals surface area contributed by atoms with Crippen molar-refractivity contribution in [2.45, 2.75) is 25.7 Å². The van der Waals surface area contributed by atoms with Crippen LogP contribution in [0.3, 0.4) is 0 Å². The minimum Gasteiger partial charge on any atom is -0.469 e. The first kappa shape index (κ1) is 12.2. The van der Waals surface area contributed by atoms with Crippen LogP contribution in [-0.4, -0.2) is 55.1 Å². The van der Waals surface area contributed by atoms with E-state index in [0.29, 0.717) is 6.54 Å². The molecule has 2 heterocycles. The molecule has 1 atom stereocenters. The van der Waals surface area contributed by atoms with Gasteiger partial charge in [-0.15, -0.1) is 0 Å². The van der Waals surface area contributed by atoms with Gasteiger partial charge in [-0.2, -0.15) is 0 Å². The molecule has 0 aromatic heterocycles. The Hall–Kier alpha value is -1.26. The second-order valence-electron chi connectivity index (χ2n) is 4.79. The van der Waals surface area contributed by atoms with Gasteiger partial charge in [0.25, 0.3) is 0 Å². The summed E-state index contributed by atoms with van der Waals surface area (Å²) in [7, 11) is 1.41. The third kappa shape index (κ3) is 2.70. The Balaban J connectivity index is 1.92. The standard InChI is InChI=1S/C12H20N2O3/c1-17-11(15)10-5-4-8-14(9-10)12(16)13-6-2-3-7-13/h10H,2-9H2,1H3. The van der Waals surface area contributed by atoms with Gasteiger partial charge in [0.1, 0.15) is 0 Å². The summed E-state index contributed by atoms with van der Waals surface area (Å²) in [4.78, 5) is 27.3. The van der Waals surface area contributed by atoms with E-state index in [1.165, 1.54) is 7.11 Å². The van der Waals surface area contributed by atoms with Gasteiger partial charge in [-0.05, 0) is 25.7 Å². The number of piperidine rings is 1. The van der Waals surface area contributed by atoms with Crippen LogP contribution >= 0.6 is 0 Å². The fourth-order valence-corrected chi connectivity index (χ4v) is 2.62. The van der Waals surface area contributed by atoms with E-state index in [1.807, 2.05) is 4.90 Å². The highest BCUT2D eigenvalue weighted by Gasteiger charge is 2.31. The molecule has 2 aliphatic rings. The lowest BCUT2D eigenvalue weighted by atomic mass is 9.98. The molecule has 2 rings (SSSR count). The summed E-state index contributed by atoms with van der Waals surface area (Å²) in [5, 5.41) is 0. The molecule has 5 heteroatoms. The molecule has 17 heavy (non-hydrogen) atoms. The van der Waals surface area contributed by atoms with Crippen molar-refractivity contribution >= 4 is 12.0 Å². The molecular formula is C12H20N2O3. The second kappa shape index (κ2) is 5.38. The van der Waals surface area contributed by atoms with Gasteiger partial charge in [0.2, 0.25) is 0 Å². The third-order valence-corrected chi connectivity index (χ3v) is 3.60. The van der Waals surface area contributed by atoms with Crippen LogP contribution in [-0.2, 0) is 9.53 Å². The summed E-state index contributed by atoms with van der Waals surface area (Å²) in [6, 6.07) is 0.0936. The minimum atomic E-state index is -0.191. The SMILES string of the molecule is COC(=O)C1CCCN(C(=O)N2CCCC2)C1. The van der Waals surface area contributed by atoms with Gasteiger partial charge in [0, 0.05) is 26.2 Å². The fraction of sp³-hybridized carbons (Fsp3) is 0.833. The van der Waals surface area contributed by atoms with Gasteiger partial charge in [0.05, 0.1) is 13.0 Å². The highest BCUT2D eigenvalue weighted by molar-refractivity contribution is 5.77.